The fourth-order valence-electron chi connectivity index (χ4n) is 6.01. The van der Waals surface area contributed by atoms with Gasteiger partial charge in [-0.1, -0.05) is 36.4 Å². The molecule has 0 spiro atoms. The summed E-state index contributed by atoms with van der Waals surface area (Å²) < 4.78 is 49.1. The molecule has 0 aliphatic carbocycles. The van der Waals surface area contributed by atoms with Crippen molar-refractivity contribution in [1.82, 2.24) is 29.3 Å². The Balaban J connectivity index is 1.47. The number of methoxy groups -OCH3 is 1. The van der Waals surface area contributed by atoms with E-state index in [9.17, 15) is 18.0 Å². The Hall–Kier alpha value is -4.22. The van der Waals surface area contributed by atoms with Gasteiger partial charge < -0.3 is 14.5 Å². The molecule has 1 amide bonds. The molecule has 1 aliphatic rings. The molecule has 3 heterocycles. The third-order valence-electron chi connectivity index (χ3n) is 8.22. The van der Waals surface area contributed by atoms with Crippen LogP contribution in [0.3, 0.4) is 0 Å². The number of carbonyl (C=O) groups is 1. The van der Waals surface area contributed by atoms with Crippen LogP contribution in [0.2, 0.25) is 0 Å². The lowest BCUT2D eigenvalue weighted by Gasteiger charge is -2.44. The average Bonchev–Trinajstić information content (AvgIpc) is 3.42. The summed E-state index contributed by atoms with van der Waals surface area (Å²) in [5.41, 5.74) is 0.675. The number of halogens is 3. The van der Waals surface area contributed by atoms with Crippen LogP contribution in [0.1, 0.15) is 40.1 Å². The van der Waals surface area contributed by atoms with Gasteiger partial charge in [-0.3, -0.25) is 9.69 Å². The molecule has 8 nitrogen and oxygen atoms in total. The second-order valence-electron chi connectivity index (χ2n) is 11.2. The lowest BCUT2D eigenvalue weighted by Crippen LogP contribution is -2.55. The molecule has 1 aliphatic heterocycles. The molecule has 2 aromatic heterocycles. The van der Waals surface area contributed by atoms with E-state index in [-0.39, 0.29) is 34.6 Å². The average molecular weight is 607 g/mol. The van der Waals surface area contributed by atoms with Gasteiger partial charge in [0.25, 0.3) is 5.91 Å². The number of rotatable bonds is 9. The quantitative estimate of drug-likeness (QED) is 0.227. The Morgan fingerprint density at radius 1 is 1.16 bits per heavy atom. The van der Waals surface area contributed by atoms with Gasteiger partial charge >= 0.3 is 6.18 Å². The van der Waals surface area contributed by atoms with Gasteiger partial charge in [0, 0.05) is 55.9 Å². The zero-order chi connectivity index (χ0) is 31.6. The maximum Gasteiger partial charge on any atom is 0.433 e. The number of fused-ring (bicyclic) bond motifs is 1. The van der Waals surface area contributed by atoms with Gasteiger partial charge in [0.15, 0.2) is 11.3 Å². The van der Waals surface area contributed by atoms with Crippen LogP contribution < -0.4 is 4.74 Å². The number of hydrogen-bond donors (Lipinski definition) is 0. The van der Waals surface area contributed by atoms with E-state index < -0.39 is 17.8 Å². The van der Waals surface area contributed by atoms with Gasteiger partial charge in [0.2, 0.25) is 0 Å². The van der Waals surface area contributed by atoms with Crippen LogP contribution >= 0.6 is 0 Å². The van der Waals surface area contributed by atoms with Crippen molar-refractivity contribution in [2.75, 3.05) is 46.9 Å². The first kappa shape index (κ1) is 31.2. The zero-order valence-corrected chi connectivity index (χ0v) is 25.4. The van der Waals surface area contributed by atoms with Crippen LogP contribution in [0.4, 0.5) is 13.2 Å². The van der Waals surface area contributed by atoms with Crippen LogP contribution in [0.25, 0.3) is 16.9 Å². The molecule has 11 heteroatoms. The maximum absolute atomic E-state index is 14.4. The fraction of sp³-hybridized carbons (Fsp3) is 0.364. The number of nitrogens with zero attached hydrogens (tertiary/aromatic N) is 6. The minimum atomic E-state index is -4.72. The number of likely N-dealkylation sites (N-methyl/N-ethyl adjacent to an activating group) is 1. The molecule has 1 fully saturated rings. The Morgan fingerprint density at radius 3 is 2.48 bits per heavy atom. The molecular weight excluding hydrogens is 569 g/mol. The van der Waals surface area contributed by atoms with Gasteiger partial charge in [0.1, 0.15) is 11.3 Å². The number of hydrogen-bond acceptors (Lipinski definition) is 6. The van der Waals surface area contributed by atoms with Crippen molar-refractivity contribution in [3.63, 3.8) is 0 Å². The molecule has 1 saturated heterocycles. The largest absolute Gasteiger partial charge is 0.497 e. The normalized spacial score (nSPS) is 16.8. The lowest BCUT2D eigenvalue weighted by molar-refractivity contribution is -0.143. The Kier molecular flexibility index (Phi) is 9.07. The number of amides is 1. The summed E-state index contributed by atoms with van der Waals surface area (Å²) in [6.45, 7) is 10.3. The predicted molar refractivity (Wildman–Crippen MR) is 164 cm³/mol. The smallest absolute Gasteiger partial charge is 0.433 e. The first-order valence-electron chi connectivity index (χ1n) is 14.5. The van der Waals surface area contributed by atoms with Crippen LogP contribution in [0, 0.1) is 6.92 Å². The molecular formula is C33H37F3N6O2. The van der Waals surface area contributed by atoms with Gasteiger partial charge in [-0.15, -0.1) is 6.58 Å². The second-order valence-corrected chi connectivity index (χ2v) is 11.2. The minimum Gasteiger partial charge on any atom is -0.497 e. The summed E-state index contributed by atoms with van der Waals surface area (Å²) in [5.74, 6) is 0.177. The van der Waals surface area contributed by atoms with E-state index in [0.29, 0.717) is 30.9 Å². The van der Waals surface area contributed by atoms with Gasteiger partial charge in [-0.2, -0.15) is 18.3 Å². The molecule has 0 N–H and O–H groups in total. The number of alkyl halides is 3. The predicted octanol–water partition coefficient (Wildman–Crippen LogP) is 5.74. The molecule has 0 saturated carbocycles. The van der Waals surface area contributed by atoms with Crippen molar-refractivity contribution in [1.29, 1.82) is 0 Å². The van der Waals surface area contributed by atoms with Gasteiger partial charge in [-0.05, 0) is 50.7 Å². The third-order valence-corrected chi connectivity index (χ3v) is 8.22. The Bertz CT molecular complexity index is 1620. The number of carbonyl (C=O) groups excluding carboxylic acids is 1. The molecule has 4 aromatic rings. The lowest BCUT2D eigenvalue weighted by atomic mass is 10.0. The summed E-state index contributed by atoms with van der Waals surface area (Å²) in [7, 11) is 3.57. The van der Waals surface area contributed by atoms with Gasteiger partial charge in [0.05, 0.1) is 19.0 Å². The molecule has 0 radical (unpaired) electrons. The topological polar surface area (TPSA) is 66.2 Å². The standard InChI is InChI=1S/C33H37F3N6O2/c1-6-16-39(4)21-28(24-10-8-7-9-11-24)40-17-18-41(22(2)20-40)32(43)27-19-37-42-30(33(34,35)36)23(3)29(38-31(27)42)25-12-14-26(44-5)15-13-25/h6-15,19,22,28H,1,16-18,20-21H2,2-5H3/t22-,28+/m1/s1. The van der Waals surface area contributed by atoms with E-state index in [1.165, 1.54) is 25.8 Å². The summed E-state index contributed by atoms with van der Waals surface area (Å²) in [4.78, 5) is 24.9. The minimum absolute atomic E-state index is 0.0379. The highest BCUT2D eigenvalue weighted by molar-refractivity contribution is 6.00. The monoisotopic (exact) mass is 606 g/mol. The highest BCUT2D eigenvalue weighted by Crippen LogP contribution is 2.37. The summed E-state index contributed by atoms with van der Waals surface area (Å²) in [5, 5.41) is 4.02. The highest BCUT2D eigenvalue weighted by atomic mass is 19.4. The van der Waals surface area contributed by atoms with Crippen molar-refractivity contribution < 1.29 is 22.7 Å². The first-order chi connectivity index (χ1) is 21.0. The summed E-state index contributed by atoms with van der Waals surface area (Å²) >= 11 is 0. The van der Waals surface area contributed by atoms with E-state index in [0.717, 1.165) is 17.6 Å². The number of aromatic nitrogens is 3. The molecule has 44 heavy (non-hydrogen) atoms. The Morgan fingerprint density at radius 2 is 1.86 bits per heavy atom. The van der Waals surface area contributed by atoms with Crippen LogP contribution in [0.15, 0.2) is 73.4 Å². The van der Waals surface area contributed by atoms with Crippen molar-refractivity contribution in [3.8, 4) is 17.0 Å². The zero-order valence-electron chi connectivity index (χ0n) is 25.4. The molecule has 2 aromatic carbocycles. The van der Waals surface area contributed by atoms with E-state index in [1.54, 1.807) is 29.2 Å². The van der Waals surface area contributed by atoms with Crippen molar-refractivity contribution in [2.24, 2.45) is 0 Å². The molecule has 0 bridgehead atoms. The third kappa shape index (κ3) is 6.20. The number of ether oxygens (including phenoxy) is 1. The fourth-order valence-corrected chi connectivity index (χ4v) is 6.01. The number of piperazine rings is 1. The molecule has 5 rings (SSSR count). The SMILES string of the molecule is C=CCN(C)C[C@@H](c1ccccc1)N1CCN(C(=O)c2cnn3c(C(F)(F)F)c(C)c(-c4ccc(OC)cc4)nc23)[C@H](C)C1. The molecule has 232 valence electrons. The van der Waals surface area contributed by atoms with Crippen LogP contribution in [-0.2, 0) is 6.18 Å². The van der Waals surface area contributed by atoms with E-state index >= 15 is 0 Å². The van der Waals surface area contributed by atoms with Crippen molar-refractivity contribution in [2.45, 2.75) is 32.1 Å². The molecule has 0 unspecified atom stereocenters. The summed E-state index contributed by atoms with van der Waals surface area (Å²) in [6.07, 6.45) is -1.65. The molecule has 2 atom stereocenters. The Labute approximate surface area is 255 Å². The van der Waals surface area contributed by atoms with Crippen molar-refractivity contribution in [3.05, 3.63) is 95.8 Å². The van der Waals surface area contributed by atoms with Gasteiger partial charge in [-0.25, -0.2) is 9.50 Å². The maximum atomic E-state index is 14.4. The van der Waals surface area contributed by atoms with Crippen molar-refractivity contribution >= 4 is 11.6 Å². The summed E-state index contributed by atoms with van der Waals surface area (Å²) in [6, 6.07) is 16.8. The van der Waals surface area contributed by atoms with Crippen LogP contribution in [0.5, 0.6) is 5.75 Å². The number of benzene rings is 2. The highest BCUT2D eigenvalue weighted by Gasteiger charge is 2.40. The van der Waals surface area contributed by atoms with E-state index in [4.69, 9.17) is 4.74 Å². The van der Waals surface area contributed by atoms with E-state index in [1.807, 2.05) is 31.2 Å². The van der Waals surface area contributed by atoms with E-state index in [2.05, 4.69) is 45.6 Å². The van der Waals surface area contributed by atoms with Crippen LogP contribution in [-0.4, -0.2) is 88.1 Å². The first-order valence-corrected chi connectivity index (χ1v) is 14.5. The second kappa shape index (κ2) is 12.8.